The minimum absolute atomic E-state index is 0.0334. The zero-order chi connectivity index (χ0) is 31.7. The quantitative estimate of drug-likeness (QED) is 0.226. The van der Waals surface area contributed by atoms with Crippen molar-refractivity contribution in [3.8, 4) is 6.01 Å². The van der Waals surface area contributed by atoms with Gasteiger partial charge < -0.3 is 29.2 Å². The van der Waals surface area contributed by atoms with Crippen LogP contribution in [0.2, 0.25) is 5.02 Å². The third-order valence-electron chi connectivity index (χ3n) is 8.82. The van der Waals surface area contributed by atoms with Gasteiger partial charge in [0.2, 0.25) is 6.54 Å². The van der Waals surface area contributed by atoms with Crippen LogP contribution in [0.4, 0.5) is 20.3 Å². The van der Waals surface area contributed by atoms with E-state index in [-0.39, 0.29) is 24.1 Å². The van der Waals surface area contributed by atoms with Crippen molar-refractivity contribution in [2.45, 2.75) is 31.8 Å². The Labute approximate surface area is 266 Å². The Kier molecular flexibility index (Phi) is 9.06. The normalized spacial score (nSPS) is 18.2. The van der Waals surface area contributed by atoms with Crippen LogP contribution in [0.25, 0.3) is 15.6 Å². The first-order valence-electron chi connectivity index (χ1n) is 15.3. The van der Waals surface area contributed by atoms with Gasteiger partial charge in [-0.3, -0.25) is 4.79 Å². The fraction of sp³-hybridized carbons (Fsp3) is 0.455. The Bertz CT molecular complexity index is 1660. The predicted molar refractivity (Wildman–Crippen MR) is 171 cm³/mol. The van der Waals surface area contributed by atoms with Crippen molar-refractivity contribution in [2.24, 2.45) is 5.92 Å². The molecule has 0 unspecified atom stereocenters. The lowest BCUT2D eigenvalue weighted by Gasteiger charge is -2.41. The number of piperazine rings is 1. The van der Waals surface area contributed by atoms with Crippen LogP contribution in [-0.2, 0) is 17.8 Å². The summed E-state index contributed by atoms with van der Waals surface area (Å²) in [4.78, 5) is 33.6. The Morgan fingerprint density at radius 1 is 1.20 bits per heavy atom. The molecule has 6 rings (SSSR count). The van der Waals surface area contributed by atoms with Crippen LogP contribution >= 0.6 is 11.6 Å². The standard InChI is InChI=1S/C33H36ClF2N7O2/c1-21(35)32(44)43-14-13-42(19-24(43)17-37-2)31-25-11-12-41(28-6-4-5-23-9-10-26(36)30(34)29(23)28)20-27(25)38-33(39-31)45-16-15-40(3)18-22-7-8-22/h4-6,9-10,22,24H,1,7-8,11-20H2,3H3/t24-/m0/s1. The number of carbonyl (C=O) groups excluding carboxylic acids is 1. The lowest BCUT2D eigenvalue weighted by Crippen LogP contribution is -2.57. The summed E-state index contributed by atoms with van der Waals surface area (Å²) >= 11 is 6.48. The van der Waals surface area contributed by atoms with Crippen molar-refractivity contribution in [1.82, 2.24) is 19.8 Å². The third-order valence-corrected chi connectivity index (χ3v) is 9.19. The van der Waals surface area contributed by atoms with Crippen molar-refractivity contribution in [3.05, 3.63) is 76.3 Å². The van der Waals surface area contributed by atoms with E-state index in [0.29, 0.717) is 50.4 Å². The number of halogens is 3. The first kappa shape index (κ1) is 31.0. The first-order valence-corrected chi connectivity index (χ1v) is 15.7. The van der Waals surface area contributed by atoms with Gasteiger partial charge in [-0.05, 0) is 49.7 Å². The third kappa shape index (κ3) is 6.67. The molecule has 3 aliphatic rings. The topological polar surface area (TPSA) is 69.4 Å². The number of hydrogen-bond acceptors (Lipinski definition) is 7. The summed E-state index contributed by atoms with van der Waals surface area (Å²) in [5, 5.41) is 1.59. The van der Waals surface area contributed by atoms with Gasteiger partial charge in [-0.1, -0.05) is 36.4 Å². The average Bonchev–Trinajstić information content (AvgIpc) is 3.85. The minimum atomic E-state index is -1.03. The number of likely N-dealkylation sites (N-methyl/N-ethyl adjacent to an activating group) is 1. The molecular weight excluding hydrogens is 600 g/mol. The lowest BCUT2D eigenvalue weighted by molar-refractivity contribution is -0.131. The molecule has 3 aromatic rings. The molecule has 1 aromatic heterocycles. The lowest BCUT2D eigenvalue weighted by atomic mass is 10.0. The maximum atomic E-state index is 14.5. The summed E-state index contributed by atoms with van der Waals surface area (Å²) in [5.41, 5.74) is 2.57. The van der Waals surface area contributed by atoms with E-state index in [0.717, 1.165) is 41.3 Å². The molecule has 2 aromatic carbocycles. The minimum Gasteiger partial charge on any atom is -0.462 e. The second kappa shape index (κ2) is 13.2. The molecule has 1 amide bonds. The molecule has 1 atom stereocenters. The van der Waals surface area contributed by atoms with Crippen molar-refractivity contribution in [3.63, 3.8) is 0 Å². The number of anilines is 2. The number of fused-ring (bicyclic) bond motifs is 2. The number of ether oxygens (including phenoxy) is 1. The van der Waals surface area contributed by atoms with E-state index in [1.54, 1.807) is 6.07 Å². The van der Waals surface area contributed by atoms with Crippen LogP contribution in [0.5, 0.6) is 6.01 Å². The van der Waals surface area contributed by atoms with E-state index in [4.69, 9.17) is 32.9 Å². The molecular formula is C33H36ClF2N7O2. The van der Waals surface area contributed by atoms with E-state index >= 15 is 0 Å². The number of nitrogens with zero attached hydrogens (tertiary/aromatic N) is 7. The Morgan fingerprint density at radius 3 is 2.78 bits per heavy atom. The van der Waals surface area contributed by atoms with E-state index in [9.17, 15) is 13.6 Å². The van der Waals surface area contributed by atoms with Crippen molar-refractivity contribution in [1.29, 1.82) is 0 Å². The van der Waals surface area contributed by atoms with Gasteiger partial charge in [0.1, 0.15) is 24.3 Å². The zero-order valence-electron chi connectivity index (χ0n) is 25.3. The second-order valence-electron chi connectivity index (χ2n) is 12.1. The van der Waals surface area contributed by atoms with Gasteiger partial charge in [0.25, 0.3) is 5.91 Å². The van der Waals surface area contributed by atoms with Crippen LogP contribution < -0.4 is 14.5 Å². The highest BCUT2D eigenvalue weighted by Crippen LogP contribution is 2.38. The van der Waals surface area contributed by atoms with Gasteiger partial charge in [-0.2, -0.15) is 9.97 Å². The Hall–Kier alpha value is -4.01. The molecule has 2 fully saturated rings. The molecule has 45 heavy (non-hydrogen) atoms. The van der Waals surface area contributed by atoms with E-state index < -0.39 is 23.6 Å². The molecule has 1 aliphatic carbocycles. The van der Waals surface area contributed by atoms with Crippen LogP contribution in [0.15, 0.2) is 42.7 Å². The van der Waals surface area contributed by atoms with Crippen molar-refractivity contribution in [2.75, 3.05) is 69.3 Å². The maximum Gasteiger partial charge on any atom is 0.318 e. The Morgan fingerprint density at radius 2 is 2.02 bits per heavy atom. The van der Waals surface area contributed by atoms with Gasteiger partial charge in [-0.15, -0.1) is 0 Å². The number of carbonyl (C=O) groups is 1. The molecule has 0 bridgehead atoms. The van der Waals surface area contributed by atoms with Gasteiger partial charge in [0.05, 0.1) is 17.3 Å². The van der Waals surface area contributed by atoms with E-state index in [1.165, 1.54) is 23.8 Å². The van der Waals surface area contributed by atoms with Crippen molar-refractivity contribution >= 4 is 39.8 Å². The summed E-state index contributed by atoms with van der Waals surface area (Å²) in [6.07, 6.45) is 3.16. The van der Waals surface area contributed by atoms with E-state index in [1.807, 2.05) is 23.1 Å². The van der Waals surface area contributed by atoms with Crippen molar-refractivity contribution < 1.29 is 18.3 Å². The van der Waals surface area contributed by atoms with Gasteiger partial charge >= 0.3 is 6.01 Å². The molecule has 12 heteroatoms. The molecule has 2 aliphatic heterocycles. The highest BCUT2D eigenvalue weighted by molar-refractivity contribution is 6.36. The maximum absolute atomic E-state index is 14.5. The molecule has 236 valence electrons. The first-order chi connectivity index (χ1) is 21.7. The summed E-state index contributed by atoms with van der Waals surface area (Å²) < 4.78 is 34.5. The second-order valence-corrected chi connectivity index (χ2v) is 12.4. The summed E-state index contributed by atoms with van der Waals surface area (Å²) in [5.74, 6) is -0.818. The van der Waals surface area contributed by atoms with Crippen LogP contribution in [-0.4, -0.2) is 91.2 Å². The molecule has 0 N–H and O–H groups in total. The molecule has 9 nitrogen and oxygen atoms in total. The number of benzene rings is 2. The number of amides is 1. The highest BCUT2D eigenvalue weighted by Gasteiger charge is 2.36. The average molecular weight is 636 g/mol. The molecule has 0 spiro atoms. The molecule has 3 heterocycles. The highest BCUT2D eigenvalue weighted by atomic mass is 35.5. The largest absolute Gasteiger partial charge is 0.462 e. The zero-order valence-corrected chi connectivity index (χ0v) is 26.1. The van der Waals surface area contributed by atoms with Gasteiger partial charge in [0, 0.05) is 55.9 Å². The molecule has 0 radical (unpaired) electrons. The van der Waals surface area contributed by atoms with Gasteiger partial charge in [-0.25, -0.2) is 15.4 Å². The molecule has 1 saturated carbocycles. The monoisotopic (exact) mass is 635 g/mol. The van der Waals surface area contributed by atoms with Gasteiger partial charge in [0.15, 0.2) is 5.83 Å². The van der Waals surface area contributed by atoms with E-state index in [2.05, 4.69) is 28.3 Å². The molecule has 1 saturated heterocycles. The van der Waals surface area contributed by atoms with Crippen LogP contribution in [0.3, 0.4) is 0 Å². The fourth-order valence-corrected chi connectivity index (χ4v) is 6.60. The number of hydrogen-bond donors (Lipinski definition) is 0. The predicted octanol–water partition coefficient (Wildman–Crippen LogP) is 5.13. The fourth-order valence-electron chi connectivity index (χ4n) is 6.33. The summed E-state index contributed by atoms with van der Waals surface area (Å²) in [7, 11) is 2.08. The van der Waals surface area contributed by atoms with Crippen LogP contribution in [0.1, 0.15) is 24.1 Å². The Balaban J connectivity index is 1.31. The SMILES string of the molecule is [C-]#[N+]C[C@H]1CN(c2nc(OCCN(C)CC3CC3)nc3c2CCN(c2cccc4ccc(F)c(Cl)c24)C3)CCN1C(=O)C(=C)F. The number of rotatable bonds is 10. The van der Waals surface area contributed by atoms with Crippen LogP contribution in [0, 0.1) is 18.3 Å². The smallest absolute Gasteiger partial charge is 0.318 e. The summed E-state index contributed by atoms with van der Waals surface area (Å²) in [6.45, 7) is 14.8. The number of aromatic nitrogens is 2. The summed E-state index contributed by atoms with van der Waals surface area (Å²) in [6, 6.07) is 8.63.